The second-order valence-corrected chi connectivity index (χ2v) is 4.75. The summed E-state index contributed by atoms with van der Waals surface area (Å²) in [6, 6.07) is 0.740. The van der Waals surface area contributed by atoms with Crippen LogP contribution in [-0.2, 0) is 4.79 Å². The number of nitrogens with two attached hydrogens (primary N) is 1. The first-order valence-corrected chi connectivity index (χ1v) is 6.02. The Labute approximate surface area is 91.2 Å². The Balaban J connectivity index is 1.92. The molecule has 2 aliphatic rings. The maximum absolute atomic E-state index is 11.4. The van der Waals surface area contributed by atoms with E-state index >= 15 is 0 Å². The van der Waals surface area contributed by atoms with Crippen LogP contribution in [0.15, 0.2) is 0 Å². The van der Waals surface area contributed by atoms with Gasteiger partial charge in [0.1, 0.15) is 0 Å². The van der Waals surface area contributed by atoms with Crippen molar-refractivity contribution in [1.29, 1.82) is 0 Å². The van der Waals surface area contributed by atoms with Gasteiger partial charge in [0.2, 0.25) is 5.91 Å². The van der Waals surface area contributed by atoms with Gasteiger partial charge in [-0.1, -0.05) is 0 Å². The van der Waals surface area contributed by atoms with E-state index < -0.39 is 0 Å². The van der Waals surface area contributed by atoms with Crippen molar-refractivity contribution < 1.29 is 4.79 Å². The second kappa shape index (κ2) is 4.94. The lowest BCUT2D eigenvalue weighted by Crippen LogP contribution is -2.48. The van der Waals surface area contributed by atoms with Gasteiger partial charge in [0.25, 0.3) is 0 Å². The summed E-state index contributed by atoms with van der Waals surface area (Å²) >= 11 is 0. The number of piperidine rings is 1. The van der Waals surface area contributed by atoms with Crippen molar-refractivity contribution in [3.63, 3.8) is 0 Å². The average Bonchev–Trinajstić information content (AvgIpc) is 2.43. The number of rotatable bonds is 1. The quantitative estimate of drug-likeness (QED) is 0.645. The first kappa shape index (κ1) is 10.9. The van der Waals surface area contributed by atoms with Crippen molar-refractivity contribution in [1.82, 2.24) is 10.2 Å². The van der Waals surface area contributed by atoms with E-state index in [1.165, 1.54) is 6.42 Å². The zero-order chi connectivity index (χ0) is 10.7. The van der Waals surface area contributed by atoms with Crippen molar-refractivity contribution >= 4 is 5.91 Å². The molecule has 15 heavy (non-hydrogen) atoms. The van der Waals surface area contributed by atoms with Crippen molar-refractivity contribution in [3.8, 4) is 0 Å². The Morgan fingerprint density at radius 2 is 2.20 bits per heavy atom. The highest BCUT2D eigenvalue weighted by atomic mass is 16.1. The number of nitrogens with one attached hydrogen (secondary N) is 1. The summed E-state index contributed by atoms with van der Waals surface area (Å²) < 4.78 is 0. The van der Waals surface area contributed by atoms with Gasteiger partial charge >= 0.3 is 0 Å². The Morgan fingerprint density at radius 1 is 1.33 bits per heavy atom. The fraction of sp³-hybridized carbons (Fsp3) is 0.909. The van der Waals surface area contributed by atoms with Gasteiger partial charge in [-0.15, -0.1) is 0 Å². The molecule has 0 aromatic carbocycles. The van der Waals surface area contributed by atoms with Crippen molar-refractivity contribution in [2.24, 2.45) is 5.73 Å². The molecule has 0 spiro atoms. The predicted octanol–water partition coefficient (Wildman–Crippen LogP) is 0.0782. The van der Waals surface area contributed by atoms with E-state index in [9.17, 15) is 4.79 Å². The van der Waals surface area contributed by atoms with Crippen LogP contribution in [0.1, 0.15) is 32.1 Å². The maximum Gasteiger partial charge on any atom is 0.221 e. The van der Waals surface area contributed by atoms with Gasteiger partial charge in [0.15, 0.2) is 0 Å². The van der Waals surface area contributed by atoms with Gasteiger partial charge < -0.3 is 11.1 Å². The van der Waals surface area contributed by atoms with Gasteiger partial charge in [-0.2, -0.15) is 0 Å². The summed E-state index contributed by atoms with van der Waals surface area (Å²) in [5.74, 6) is 0.205. The Hall–Kier alpha value is -0.610. The molecule has 2 atom stereocenters. The molecule has 2 unspecified atom stereocenters. The summed E-state index contributed by atoms with van der Waals surface area (Å²) in [5, 5.41) is 2.93. The summed E-state index contributed by atoms with van der Waals surface area (Å²) in [7, 11) is 0. The van der Waals surface area contributed by atoms with Gasteiger partial charge in [0, 0.05) is 31.6 Å². The van der Waals surface area contributed by atoms with E-state index in [1.54, 1.807) is 0 Å². The highest BCUT2D eigenvalue weighted by Gasteiger charge is 2.26. The second-order valence-electron chi connectivity index (χ2n) is 4.75. The van der Waals surface area contributed by atoms with Crippen LogP contribution >= 0.6 is 0 Å². The molecule has 0 radical (unpaired) electrons. The molecule has 2 rings (SSSR count). The number of nitrogens with zero attached hydrogens (tertiary/aromatic N) is 1. The highest BCUT2D eigenvalue weighted by molar-refractivity contribution is 5.76. The zero-order valence-electron chi connectivity index (χ0n) is 9.24. The Morgan fingerprint density at radius 3 is 3.00 bits per heavy atom. The summed E-state index contributed by atoms with van der Waals surface area (Å²) in [5.41, 5.74) is 5.96. The van der Waals surface area contributed by atoms with Crippen LogP contribution in [-0.4, -0.2) is 42.5 Å². The fourth-order valence-corrected chi connectivity index (χ4v) is 2.64. The average molecular weight is 211 g/mol. The molecule has 0 aliphatic carbocycles. The Kier molecular flexibility index (Phi) is 3.59. The molecule has 86 valence electrons. The molecule has 3 N–H and O–H groups in total. The van der Waals surface area contributed by atoms with E-state index in [0.29, 0.717) is 18.5 Å². The van der Waals surface area contributed by atoms with Crippen LogP contribution in [0.25, 0.3) is 0 Å². The molecule has 4 nitrogen and oxygen atoms in total. The van der Waals surface area contributed by atoms with Crippen LogP contribution in [0.5, 0.6) is 0 Å². The molecule has 2 aliphatic heterocycles. The SMILES string of the molecule is NC1CCCN(C2CCCNC(=O)C2)C1. The lowest BCUT2D eigenvalue weighted by molar-refractivity contribution is -0.121. The molecule has 2 fully saturated rings. The van der Waals surface area contributed by atoms with E-state index in [-0.39, 0.29) is 5.91 Å². The molecule has 1 amide bonds. The van der Waals surface area contributed by atoms with E-state index in [1.807, 2.05) is 0 Å². The number of hydrogen-bond acceptors (Lipinski definition) is 3. The normalized spacial score (nSPS) is 34.6. The van der Waals surface area contributed by atoms with Crippen LogP contribution in [0.3, 0.4) is 0 Å². The number of carbonyl (C=O) groups is 1. The molecule has 0 bridgehead atoms. The minimum Gasteiger partial charge on any atom is -0.356 e. The van der Waals surface area contributed by atoms with Gasteiger partial charge in [-0.05, 0) is 32.2 Å². The van der Waals surface area contributed by atoms with Crippen LogP contribution < -0.4 is 11.1 Å². The third-order valence-electron chi connectivity index (χ3n) is 3.46. The standard InChI is InChI=1S/C11H21N3O/c12-9-3-2-6-14(8-9)10-4-1-5-13-11(15)7-10/h9-10H,1-8,12H2,(H,13,15). The van der Waals surface area contributed by atoms with Crippen molar-refractivity contribution in [2.45, 2.75) is 44.2 Å². The molecule has 2 heterocycles. The monoisotopic (exact) mass is 211 g/mol. The van der Waals surface area contributed by atoms with Crippen LogP contribution in [0.4, 0.5) is 0 Å². The molecular weight excluding hydrogens is 190 g/mol. The Bertz CT molecular complexity index is 232. The third-order valence-corrected chi connectivity index (χ3v) is 3.46. The minimum atomic E-state index is 0.205. The first-order valence-electron chi connectivity index (χ1n) is 6.02. The van der Waals surface area contributed by atoms with Crippen LogP contribution in [0, 0.1) is 0 Å². The van der Waals surface area contributed by atoms with E-state index in [0.717, 1.165) is 38.9 Å². The minimum absolute atomic E-state index is 0.205. The third kappa shape index (κ3) is 2.92. The van der Waals surface area contributed by atoms with Crippen LogP contribution in [0.2, 0.25) is 0 Å². The smallest absolute Gasteiger partial charge is 0.221 e. The predicted molar refractivity (Wildman–Crippen MR) is 59.4 cm³/mol. The van der Waals surface area contributed by atoms with Crippen molar-refractivity contribution in [2.75, 3.05) is 19.6 Å². The van der Waals surface area contributed by atoms with E-state index in [2.05, 4.69) is 10.2 Å². The maximum atomic E-state index is 11.4. The molecule has 0 aromatic rings. The first-order chi connectivity index (χ1) is 7.25. The highest BCUT2D eigenvalue weighted by Crippen LogP contribution is 2.18. The van der Waals surface area contributed by atoms with Gasteiger partial charge in [-0.25, -0.2) is 0 Å². The van der Waals surface area contributed by atoms with E-state index in [4.69, 9.17) is 5.73 Å². The summed E-state index contributed by atoms with van der Waals surface area (Å²) in [6.07, 6.45) is 5.20. The largest absolute Gasteiger partial charge is 0.356 e. The number of carbonyl (C=O) groups excluding carboxylic acids is 1. The fourth-order valence-electron chi connectivity index (χ4n) is 2.64. The van der Waals surface area contributed by atoms with Crippen molar-refractivity contribution in [3.05, 3.63) is 0 Å². The molecule has 0 aromatic heterocycles. The topological polar surface area (TPSA) is 58.4 Å². The summed E-state index contributed by atoms with van der Waals surface area (Å²) in [4.78, 5) is 13.9. The number of hydrogen-bond donors (Lipinski definition) is 2. The molecular formula is C11H21N3O. The lowest BCUT2D eigenvalue weighted by atomic mass is 10.0. The molecule has 2 saturated heterocycles. The van der Waals surface area contributed by atoms with Gasteiger partial charge in [-0.3, -0.25) is 9.69 Å². The lowest BCUT2D eigenvalue weighted by Gasteiger charge is -2.36. The summed E-state index contributed by atoms with van der Waals surface area (Å²) in [6.45, 7) is 2.93. The molecule has 4 heteroatoms. The molecule has 0 saturated carbocycles. The number of likely N-dealkylation sites (tertiary alicyclic amines) is 1. The van der Waals surface area contributed by atoms with Gasteiger partial charge in [0.05, 0.1) is 0 Å². The number of amides is 1. The zero-order valence-corrected chi connectivity index (χ0v) is 9.24.